The number of hydrogen-bond donors (Lipinski definition) is 2. The minimum atomic E-state index is -0.811. The zero-order valence-electron chi connectivity index (χ0n) is 11.2. The lowest BCUT2D eigenvalue weighted by Gasteiger charge is -2.17. The summed E-state index contributed by atoms with van der Waals surface area (Å²) in [6.45, 7) is 4.01. The molecular weight excluding hydrogens is 246 g/mol. The van der Waals surface area contributed by atoms with E-state index >= 15 is 0 Å². The van der Waals surface area contributed by atoms with Crippen LogP contribution in [0.4, 0.5) is 0 Å². The monoisotopic (exact) mass is 263 g/mol. The molecule has 2 aromatic rings. The molecule has 1 unspecified atom stereocenters. The largest absolute Gasteiger partial charge is 0.481 e. The van der Waals surface area contributed by atoms with Crippen LogP contribution in [0.2, 0.25) is 0 Å². The van der Waals surface area contributed by atoms with Gasteiger partial charge in [0.25, 0.3) is 0 Å². The van der Waals surface area contributed by atoms with E-state index in [1.807, 2.05) is 20.0 Å². The van der Waals surface area contributed by atoms with Crippen LogP contribution < -0.4 is 4.74 Å². The van der Waals surface area contributed by atoms with Gasteiger partial charge in [-0.05, 0) is 5.92 Å². The molecular formula is C13H17N3O3. The van der Waals surface area contributed by atoms with Gasteiger partial charge in [0.05, 0.1) is 30.8 Å². The first-order chi connectivity index (χ1) is 9.02. The van der Waals surface area contributed by atoms with Gasteiger partial charge in [0.2, 0.25) is 0 Å². The predicted octanol–water partition coefficient (Wildman–Crippen LogP) is 2.18. The van der Waals surface area contributed by atoms with Crippen molar-refractivity contribution in [1.82, 2.24) is 15.0 Å². The molecule has 0 fully saturated rings. The lowest BCUT2D eigenvalue weighted by Crippen LogP contribution is -2.12. The molecule has 2 rings (SSSR count). The van der Waals surface area contributed by atoms with Gasteiger partial charge in [0, 0.05) is 17.7 Å². The molecule has 102 valence electrons. The Morgan fingerprint density at radius 1 is 1.53 bits per heavy atom. The Morgan fingerprint density at radius 2 is 2.26 bits per heavy atom. The lowest BCUT2D eigenvalue weighted by atomic mass is 9.87. The minimum Gasteiger partial charge on any atom is -0.481 e. The molecule has 2 heterocycles. The van der Waals surface area contributed by atoms with Gasteiger partial charge in [-0.2, -0.15) is 4.98 Å². The summed E-state index contributed by atoms with van der Waals surface area (Å²) in [4.78, 5) is 22.4. The topological polar surface area (TPSA) is 88.1 Å². The molecule has 2 N–H and O–H groups in total. The van der Waals surface area contributed by atoms with Crippen molar-refractivity contribution in [2.75, 3.05) is 7.11 Å². The number of nitrogens with zero attached hydrogens (tertiary/aromatic N) is 2. The van der Waals surface area contributed by atoms with E-state index in [2.05, 4.69) is 15.0 Å². The van der Waals surface area contributed by atoms with E-state index in [0.29, 0.717) is 0 Å². The molecule has 6 nitrogen and oxygen atoms in total. The van der Waals surface area contributed by atoms with E-state index in [1.54, 1.807) is 6.20 Å². The van der Waals surface area contributed by atoms with Gasteiger partial charge in [-0.25, -0.2) is 4.98 Å². The maximum Gasteiger partial charge on any atom is 0.316 e. The first kappa shape index (κ1) is 13.3. The molecule has 0 radical (unpaired) electrons. The molecule has 1 atom stereocenters. The summed E-state index contributed by atoms with van der Waals surface area (Å²) in [7, 11) is 1.50. The maximum absolute atomic E-state index is 11.0. The van der Waals surface area contributed by atoms with Gasteiger partial charge >= 0.3 is 12.0 Å². The molecule has 0 aromatic carbocycles. The first-order valence-corrected chi connectivity index (χ1v) is 6.12. The summed E-state index contributed by atoms with van der Waals surface area (Å²) < 4.78 is 5.02. The van der Waals surface area contributed by atoms with Crippen molar-refractivity contribution >= 4 is 17.0 Å². The number of rotatable bonds is 5. The van der Waals surface area contributed by atoms with Gasteiger partial charge in [-0.3, -0.25) is 4.79 Å². The summed E-state index contributed by atoms with van der Waals surface area (Å²) in [5, 5.41) is 9.04. The third-order valence-electron chi connectivity index (χ3n) is 3.20. The average Bonchev–Trinajstić information content (AvgIpc) is 2.77. The van der Waals surface area contributed by atoms with Gasteiger partial charge in [-0.1, -0.05) is 13.8 Å². The normalized spacial score (nSPS) is 12.8. The molecule has 0 aliphatic carbocycles. The van der Waals surface area contributed by atoms with Crippen molar-refractivity contribution in [3.8, 4) is 6.01 Å². The highest BCUT2D eigenvalue weighted by molar-refractivity contribution is 5.80. The van der Waals surface area contributed by atoms with E-state index in [-0.39, 0.29) is 24.3 Å². The quantitative estimate of drug-likeness (QED) is 0.863. The maximum atomic E-state index is 11.0. The number of aromatic nitrogens is 3. The highest BCUT2D eigenvalue weighted by Gasteiger charge is 2.23. The second kappa shape index (κ2) is 5.26. The summed E-state index contributed by atoms with van der Waals surface area (Å²) >= 11 is 0. The Bertz CT molecular complexity index is 592. The van der Waals surface area contributed by atoms with Crippen LogP contribution in [0.15, 0.2) is 12.4 Å². The van der Waals surface area contributed by atoms with Crippen LogP contribution in [0.25, 0.3) is 11.0 Å². The number of hydrogen-bond acceptors (Lipinski definition) is 4. The number of aliphatic carboxylic acids is 1. The van der Waals surface area contributed by atoms with E-state index in [1.165, 1.54) is 7.11 Å². The lowest BCUT2D eigenvalue weighted by molar-refractivity contribution is -0.137. The summed E-state index contributed by atoms with van der Waals surface area (Å²) in [5.41, 5.74) is 2.41. The molecule has 0 aliphatic rings. The van der Waals surface area contributed by atoms with Gasteiger partial charge in [0.1, 0.15) is 0 Å². The zero-order chi connectivity index (χ0) is 14.0. The van der Waals surface area contributed by atoms with E-state index < -0.39 is 5.97 Å². The van der Waals surface area contributed by atoms with Crippen molar-refractivity contribution in [2.24, 2.45) is 5.92 Å². The molecule has 6 heteroatoms. The summed E-state index contributed by atoms with van der Waals surface area (Å²) in [6.07, 6.45) is 3.53. The van der Waals surface area contributed by atoms with E-state index in [0.717, 1.165) is 16.6 Å². The standard InChI is InChI=1S/C13H17N3O3/c1-7(2)8(4-11(17)18)9-5-14-10-6-15-13(19-3)16-12(9)10/h5-8,14H,4H2,1-3H3,(H,17,18). The molecule has 19 heavy (non-hydrogen) atoms. The van der Waals surface area contributed by atoms with Crippen LogP contribution in [0, 0.1) is 5.92 Å². The molecule has 0 spiro atoms. The molecule has 0 aliphatic heterocycles. The zero-order valence-corrected chi connectivity index (χ0v) is 11.2. The number of ether oxygens (including phenoxy) is 1. The smallest absolute Gasteiger partial charge is 0.316 e. The number of carboxylic acids is 1. The third kappa shape index (κ3) is 2.67. The van der Waals surface area contributed by atoms with Crippen molar-refractivity contribution in [1.29, 1.82) is 0 Å². The van der Waals surface area contributed by atoms with Crippen LogP contribution in [0.5, 0.6) is 6.01 Å². The van der Waals surface area contributed by atoms with E-state index in [9.17, 15) is 4.79 Å². The van der Waals surface area contributed by atoms with Crippen LogP contribution in [0.1, 0.15) is 31.7 Å². The summed E-state index contributed by atoms with van der Waals surface area (Å²) in [5.74, 6) is -0.698. The number of H-pyrrole nitrogens is 1. The van der Waals surface area contributed by atoms with Crippen molar-refractivity contribution in [3.63, 3.8) is 0 Å². The number of methoxy groups -OCH3 is 1. The van der Waals surface area contributed by atoms with Crippen molar-refractivity contribution < 1.29 is 14.6 Å². The fourth-order valence-corrected chi connectivity index (χ4v) is 2.19. The highest BCUT2D eigenvalue weighted by Crippen LogP contribution is 2.32. The van der Waals surface area contributed by atoms with Crippen molar-refractivity contribution in [2.45, 2.75) is 26.2 Å². The number of nitrogens with one attached hydrogen (secondary N) is 1. The average molecular weight is 263 g/mol. The summed E-state index contributed by atoms with van der Waals surface area (Å²) in [6, 6.07) is 0.284. The molecule has 0 saturated heterocycles. The Labute approximate surface area is 110 Å². The minimum absolute atomic E-state index is 0.0803. The second-order valence-corrected chi connectivity index (χ2v) is 4.81. The number of carbonyl (C=O) groups is 1. The number of fused-ring (bicyclic) bond motifs is 1. The molecule has 0 bridgehead atoms. The Kier molecular flexibility index (Phi) is 3.69. The second-order valence-electron chi connectivity index (χ2n) is 4.81. The number of aromatic amines is 1. The highest BCUT2D eigenvalue weighted by atomic mass is 16.5. The fraction of sp³-hybridized carbons (Fsp3) is 0.462. The van der Waals surface area contributed by atoms with Gasteiger partial charge in [-0.15, -0.1) is 0 Å². The van der Waals surface area contributed by atoms with Gasteiger partial charge in [0.15, 0.2) is 0 Å². The Hall–Kier alpha value is -2.11. The molecule has 2 aromatic heterocycles. The van der Waals surface area contributed by atoms with Crippen LogP contribution >= 0.6 is 0 Å². The van der Waals surface area contributed by atoms with E-state index in [4.69, 9.17) is 9.84 Å². The van der Waals surface area contributed by atoms with Crippen LogP contribution in [-0.2, 0) is 4.79 Å². The Balaban J connectivity index is 2.49. The van der Waals surface area contributed by atoms with Crippen LogP contribution in [-0.4, -0.2) is 33.1 Å². The third-order valence-corrected chi connectivity index (χ3v) is 3.20. The predicted molar refractivity (Wildman–Crippen MR) is 70.3 cm³/mol. The first-order valence-electron chi connectivity index (χ1n) is 6.12. The fourth-order valence-electron chi connectivity index (χ4n) is 2.19. The molecule has 0 saturated carbocycles. The van der Waals surface area contributed by atoms with Gasteiger partial charge < -0.3 is 14.8 Å². The molecule has 0 amide bonds. The Morgan fingerprint density at radius 3 is 2.84 bits per heavy atom. The van der Waals surface area contributed by atoms with Crippen LogP contribution in [0.3, 0.4) is 0 Å². The van der Waals surface area contributed by atoms with Crippen molar-refractivity contribution in [3.05, 3.63) is 18.0 Å². The SMILES string of the molecule is COc1ncc2[nH]cc(C(CC(=O)O)C(C)C)c2n1. The number of carboxylic acid groups (broad SMARTS) is 1.